The maximum atomic E-state index is 12.9. The maximum Gasteiger partial charge on any atom is 0.237 e. The Bertz CT molecular complexity index is 1020. The molecule has 1 aromatic heterocycles. The molecule has 2 heterocycles. The van der Waals surface area contributed by atoms with Crippen molar-refractivity contribution in [2.24, 2.45) is 7.05 Å². The highest BCUT2D eigenvalue weighted by Gasteiger charge is 2.27. The van der Waals surface area contributed by atoms with Gasteiger partial charge in [0.25, 0.3) is 0 Å². The Balaban J connectivity index is 1.66. The third-order valence-corrected chi connectivity index (χ3v) is 7.46. The Morgan fingerprint density at radius 1 is 1.27 bits per heavy atom. The normalized spacial score (nSPS) is 14.6. The van der Waals surface area contributed by atoms with Gasteiger partial charge < -0.3 is 9.47 Å². The van der Waals surface area contributed by atoms with Gasteiger partial charge >= 0.3 is 0 Å². The standard InChI is InChI=1S/C21H30N4O4S/c1-3-16-30(28,29)25(15-7-14-24-13-6-10-20(24)26)21(27)12-11-19-22-17-8-4-5-9-18(17)23(19)2/h4-5,8-9H,3,6-7,10-16H2,1-2H3. The minimum Gasteiger partial charge on any atom is -0.343 e. The Morgan fingerprint density at radius 2 is 2.03 bits per heavy atom. The van der Waals surface area contributed by atoms with Crippen molar-refractivity contribution in [3.8, 4) is 0 Å². The predicted octanol–water partition coefficient (Wildman–Crippen LogP) is 2.09. The summed E-state index contributed by atoms with van der Waals surface area (Å²) >= 11 is 0. The number of amides is 2. The Kier molecular flexibility index (Phi) is 7.12. The average molecular weight is 435 g/mol. The molecule has 8 nitrogen and oxygen atoms in total. The van der Waals surface area contributed by atoms with E-state index in [0.717, 1.165) is 27.6 Å². The topological polar surface area (TPSA) is 92.6 Å². The quantitative estimate of drug-likeness (QED) is 0.571. The molecule has 1 fully saturated rings. The number of aryl methyl sites for hydroxylation is 2. The fourth-order valence-corrected chi connectivity index (χ4v) is 5.44. The average Bonchev–Trinajstić information content (AvgIpc) is 3.26. The third-order valence-electron chi connectivity index (χ3n) is 5.48. The third kappa shape index (κ3) is 5.00. The lowest BCUT2D eigenvalue weighted by Crippen LogP contribution is -2.40. The molecule has 0 aliphatic carbocycles. The van der Waals surface area contributed by atoms with E-state index in [-0.39, 0.29) is 24.6 Å². The zero-order chi connectivity index (χ0) is 21.7. The van der Waals surface area contributed by atoms with Crippen LogP contribution in [0.25, 0.3) is 11.0 Å². The molecular weight excluding hydrogens is 404 g/mol. The summed E-state index contributed by atoms with van der Waals surface area (Å²) in [6.07, 6.45) is 2.73. The van der Waals surface area contributed by atoms with Crippen molar-refractivity contribution in [2.75, 3.05) is 25.4 Å². The largest absolute Gasteiger partial charge is 0.343 e. The van der Waals surface area contributed by atoms with Gasteiger partial charge in [-0.3, -0.25) is 9.59 Å². The molecule has 0 saturated carbocycles. The monoisotopic (exact) mass is 434 g/mol. The molecule has 1 aromatic carbocycles. The van der Waals surface area contributed by atoms with Gasteiger partial charge in [-0.05, 0) is 31.4 Å². The second-order valence-corrected chi connectivity index (χ2v) is 9.71. The van der Waals surface area contributed by atoms with Crippen molar-refractivity contribution >= 4 is 32.9 Å². The molecule has 0 atom stereocenters. The number of sulfonamides is 1. The first-order valence-electron chi connectivity index (χ1n) is 10.5. The summed E-state index contributed by atoms with van der Waals surface area (Å²) in [4.78, 5) is 31.0. The van der Waals surface area contributed by atoms with Gasteiger partial charge in [-0.1, -0.05) is 19.1 Å². The number of hydrogen-bond donors (Lipinski definition) is 0. The van der Waals surface area contributed by atoms with Crippen LogP contribution in [0.2, 0.25) is 0 Å². The van der Waals surface area contributed by atoms with Crippen LogP contribution in [0, 0.1) is 0 Å². The second-order valence-electron chi connectivity index (χ2n) is 7.70. The number of para-hydroxylation sites is 2. The molecule has 164 valence electrons. The van der Waals surface area contributed by atoms with Gasteiger partial charge in [0.2, 0.25) is 21.8 Å². The number of hydrogen-bond acceptors (Lipinski definition) is 5. The highest BCUT2D eigenvalue weighted by atomic mass is 32.2. The number of fused-ring (bicyclic) bond motifs is 1. The zero-order valence-corrected chi connectivity index (χ0v) is 18.5. The molecule has 30 heavy (non-hydrogen) atoms. The summed E-state index contributed by atoms with van der Waals surface area (Å²) in [5.41, 5.74) is 1.83. The van der Waals surface area contributed by atoms with Crippen LogP contribution in [0.15, 0.2) is 24.3 Å². The van der Waals surface area contributed by atoms with E-state index >= 15 is 0 Å². The van der Waals surface area contributed by atoms with E-state index in [9.17, 15) is 18.0 Å². The van der Waals surface area contributed by atoms with Crippen LogP contribution in [0.1, 0.15) is 44.9 Å². The first-order valence-corrected chi connectivity index (χ1v) is 12.2. The van der Waals surface area contributed by atoms with E-state index in [1.54, 1.807) is 11.8 Å². The number of likely N-dealkylation sites (tertiary alicyclic amines) is 1. The van der Waals surface area contributed by atoms with E-state index in [4.69, 9.17) is 0 Å². The summed E-state index contributed by atoms with van der Waals surface area (Å²) in [5, 5.41) is 0. The second kappa shape index (κ2) is 9.59. The molecule has 2 aromatic rings. The first kappa shape index (κ1) is 22.3. The summed E-state index contributed by atoms with van der Waals surface area (Å²) in [7, 11) is -1.77. The number of aromatic nitrogens is 2. The van der Waals surface area contributed by atoms with Crippen LogP contribution < -0.4 is 0 Å². The number of carbonyl (C=O) groups excluding carboxylic acids is 2. The molecule has 9 heteroatoms. The van der Waals surface area contributed by atoms with Crippen molar-refractivity contribution in [1.82, 2.24) is 18.8 Å². The Hall–Kier alpha value is -2.42. The predicted molar refractivity (Wildman–Crippen MR) is 115 cm³/mol. The van der Waals surface area contributed by atoms with Crippen LogP contribution in [0.4, 0.5) is 0 Å². The van der Waals surface area contributed by atoms with Crippen LogP contribution in [-0.2, 0) is 33.1 Å². The van der Waals surface area contributed by atoms with Crippen molar-refractivity contribution in [3.05, 3.63) is 30.1 Å². The molecular formula is C21H30N4O4S. The lowest BCUT2D eigenvalue weighted by molar-refractivity contribution is -0.127. The summed E-state index contributed by atoms with van der Waals surface area (Å²) in [5.74, 6) is 0.377. The number of carbonyl (C=O) groups is 2. The van der Waals surface area contributed by atoms with Crippen LogP contribution >= 0.6 is 0 Å². The number of nitrogens with zero attached hydrogens (tertiary/aromatic N) is 4. The molecule has 2 amide bonds. The van der Waals surface area contributed by atoms with E-state index in [1.165, 1.54) is 0 Å². The van der Waals surface area contributed by atoms with Gasteiger partial charge in [-0.25, -0.2) is 17.7 Å². The smallest absolute Gasteiger partial charge is 0.237 e. The van der Waals surface area contributed by atoms with E-state index in [1.807, 2.05) is 35.9 Å². The van der Waals surface area contributed by atoms with E-state index in [2.05, 4.69) is 4.98 Å². The van der Waals surface area contributed by atoms with Gasteiger partial charge in [-0.15, -0.1) is 0 Å². The molecule has 0 N–H and O–H groups in total. The summed E-state index contributed by atoms with van der Waals surface area (Å²) in [6, 6.07) is 7.72. The fraction of sp³-hybridized carbons (Fsp3) is 0.571. The molecule has 1 aliphatic heterocycles. The first-order chi connectivity index (χ1) is 14.3. The van der Waals surface area contributed by atoms with Crippen molar-refractivity contribution in [2.45, 2.75) is 45.4 Å². The van der Waals surface area contributed by atoms with Gasteiger partial charge in [0.05, 0.1) is 16.8 Å². The molecule has 3 rings (SSSR count). The van der Waals surface area contributed by atoms with Crippen molar-refractivity contribution < 1.29 is 18.0 Å². The molecule has 0 radical (unpaired) electrons. The van der Waals surface area contributed by atoms with Crippen molar-refractivity contribution in [3.63, 3.8) is 0 Å². The Morgan fingerprint density at radius 3 is 2.70 bits per heavy atom. The summed E-state index contributed by atoms with van der Waals surface area (Å²) in [6.45, 7) is 3.08. The number of rotatable bonds is 10. The lowest BCUT2D eigenvalue weighted by atomic mass is 10.2. The molecule has 0 bridgehead atoms. The molecule has 1 saturated heterocycles. The van der Waals surface area contributed by atoms with E-state index < -0.39 is 15.9 Å². The zero-order valence-electron chi connectivity index (χ0n) is 17.7. The van der Waals surface area contributed by atoms with Gasteiger partial charge in [-0.2, -0.15) is 0 Å². The maximum absolute atomic E-state index is 12.9. The number of imidazole rings is 1. The van der Waals surface area contributed by atoms with Gasteiger partial charge in [0.1, 0.15) is 5.82 Å². The van der Waals surface area contributed by atoms with Gasteiger partial charge in [0, 0.05) is 45.9 Å². The minimum atomic E-state index is -3.67. The van der Waals surface area contributed by atoms with Crippen LogP contribution in [0.5, 0.6) is 0 Å². The Labute approximate surface area is 177 Å². The highest BCUT2D eigenvalue weighted by Crippen LogP contribution is 2.17. The highest BCUT2D eigenvalue weighted by molar-refractivity contribution is 7.89. The van der Waals surface area contributed by atoms with Crippen LogP contribution in [0.3, 0.4) is 0 Å². The van der Waals surface area contributed by atoms with Crippen LogP contribution in [-0.4, -0.2) is 64.4 Å². The lowest BCUT2D eigenvalue weighted by Gasteiger charge is -2.24. The molecule has 0 spiro atoms. The fourth-order valence-electron chi connectivity index (χ4n) is 3.90. The minimum absolute atomic E-state index is 0.0618. The molecule has 0 unspecified atom stereocenters. The number of benzene rings is 1. The molecule has 1 aliphatic rings. The summed E-state index contributed by atoms with van der Waals surface area (Å²) < 4.78 is 28.3. The van der Waals surface area contributed by atoms with E-state index in [0.29, 0.717) is 38.8 Å². The van der Waals surface area contributed by atoms with Crippen molar-refractivity contribution in [1.29, 1.82) is 0 Å². The SMILES string of the molecule is CCCS(=O)(=O)N(CCCN1CCCC1=O)C(=O)CCc1nc2ccccc2n1C. The van der Waals surface area contributed by atoms with Gasteiger partial charge in [0.15, 0.2) is 0 Å².